The van der Waals surface area contributed by atoms with Crippen LogP contribution < -0.4 is 11.3 Å². The van der Waals surface area contributed by atoms with Crippen molar-refractivity contribution in [1.29, 1.82) is 0 Å². The zero-order valence-electron chi connectivity index (χ0n) is 9.21. The van der Waals surface area contributed by atoms with Crippen molar-refractivity contribution in [2.45, 2.75) is 0 Å². The number of aromatic amines is 1. The lowest BCUT2D eigenvalue weighted by molar-refractivity contribution is 0.434. The molecule has 0 saturated carbocycles. The molecule has 0 aromatic carbocycles. The summed E-state index contributed by atoms with van der Waals surface area (Å²) in [6.07, 6.45) is 0. The van der Waals surface area contributed by atoms with E-state index in [0.29, 0.717) is 22.8 Å². The predicted molar refractivity (Wildman–Crippen MR) is 70.3 cm³/mol. The van der Waals surface area contributed by atoms with E-state index in [0.717, 1.165) is 4.88 Å². The van der Waals surface area contributed by atoms with E-state index in [1.54, 1.807) is 12.1 Å². The molecule has 0 aliphatic rings. The van der Waals surface area contributed by atoms with Crippen LogP contribution in [0.4, 0.5) is 5.82 Å². The van der Waals surface area contributed by atoms with Crippen molar-refractivity contribution in [3.05, 3.63) is 46.1 Å². The van der Waals surface area contributed by atoms with Crippen LogP contribution in [0.25, 0.3) is 21.9 Å². The van der Waals surface area contributed by atoms with Crippen LogP contribution in [-0.2, 0) is 0 Å². The highest BCUT2D eigenvalue weighted by Crippen LogP contribution is 2.37. The number of rotatable bonds is 2. The van der Waals surface area contributed by atoms with Crippen LogP contribution in [0.1, 0.15) is 0 Å². The zero-order valence-corrected chi connectivity index (χ0v) is 10.0. The summed E-state index contributed by atoms with van der Waals surface area (Å²) in [5, 5.41) is 5.71. The van der Waals surface area contributed by atoms with Gasteiger partial charge in [0.15, 0.2) is 11.6 Å². The molecule has 6 heteroatoms. The van der Waals surface area contributed by atoms with Gasteiger partial charge in [-0.1, -0.05) is 17.3 Å². The van der Waals surface area contributed by atoms with Gasteiger partial charge in [-0.05, 0) is 17.5 Å². The molecule has 3 heterocycles. The first kappa shape index (κ1) is 10.8. The monoisotopic (exact) mass is 259 g/mol. The summed E-state index contributed by atoms with van der Waals surface area (Å²) in [7, 11) is 0. The number of nitrogens with zero attached hydrogens (tertiary/aromatic N) is 1. The number of aromatic nitrogens is 2. The van der Waals surface area contributed by atoms with E-state index in [2.05, 4.69) is 10.1 Å². The van der Waals surface area contributed by atoms with Crippen molar-refractivity contribution in [2.75, 3.05) is 5.73 Å². The fourth-order valence-electron chi connectivity index (χ4n) is 1.73. The fourth-order valence-corrected chi connectivity index (χ4v) is 2.50. The Morgan fingerprint density at radius 2 is 2.17 bits per heavy atom. The van der Waals surface area contributed by atoms with Crippen molar-refractivity contribution in [2.24, 2.45) is 0 Å². The number of H-pyrrole nitrogens is 1. The highest BCUT2D eigenvalue weighted by molar-refractivity contribution is 7.13. The number of anilines is 1. The zero-order chi connectivity index (χ0) is 12.5. The number of nitrogens with two attached hydrogens (primary N) is 1. The second-order valence-corrected chi connectivity index (χ2v) is 4.63. The van der Waals surface area contributed by atoms with Gasteiger partial charge >= 0.3 is 0 Å². The molecule has 3 aromatic rings. The Balaban J connectivity index is 2.23. The van der Waals surface area contributed by atoms with E-state index in [1.807, 2.05) is 17.5 Å². The molecule has 3 aromatic heterocycles. The van der Waals surface area contributed by atoms with E-state index in [1.165, 1.54) is 17.4 Å². The summed E-state index contributed by atoms with van der Waals surface area (Å²) in [5.74, 6) is 0.796. The SMILES string of the molecule is Nc1noc(-c2cccc(=O)[nH]2)c1-c1cccs1. The number of thiophene rings is 1. The van der Waals surface area contributed by atoms with E-state index in [-0.39, 0.29) is 5.56 Å². The van der Waals surface area contributed by atoms with Gasteiger partial charge in [0.1, 0.15) is 0 Å². The maximum Gasteiger partial charge on any atom is 0.248 e. The summed E-state index contributed by atoms with van der Waals surface area (Å²) in [5.41, 5.74) is 6.90. The summed E-state index contributed by atoms with van der Waals surface area (Å²) in [6, 6.07) is 8.69. The molecule has 90 valence electrons. The molecule has 0 spiro atoms. The molecule has 18 heavy (non-hydrogen) atoms. The van der Waals surface area contributed by atoms with Gasteiger partial charge in [-0.15, -0.1) is 11.3 Å². The largest absolute Gasteiger partial charge is 0.380 e. The molecule has 0 fully saturated rings. The molecule has 0 amide bonds. The second kappa shape index (κ2) is 4.15. The van der Waals surface area contributed by atoms with Crippen LogP contribution in [0.15, 0.2) is 45.0 Å². The van der Waals surface area contributed by atoms with Crippen LogP contribution in [-0.4, -0.2) is 10.1 Å². The van der Waals surface area contributed by atoms with Gasteiger partial charge in [-0.2, -0.15) is 0 Å². The fraction of sp³-hybridized carbons (Fsp3) is 0. The molecule has 3 N–H and O–H groups in total. The first-order chi connectivity index (χ1) is 8.75. The molecule has 0 aliphatic heterocycles. The quantitative estimate of drug-likeness (QED) is 0.739. The minimum Gasteiger partial charge on any atom is -0.380 e. The lowest BCUT2D eigenvalue weighted by atomic mass is 10.1. The number of nitrogen functional groups attached to an aromatic ring is 1. The van der Waals surface area contributed by atoms with Crippen LogP contribution in [0.2, 0.25) is 0 Å². The molecular weight excluding hydrogens is 250 g/mol. The van der Waals surface area contributed by atoms with Crippen molar-refractivity contribution in [3.8, 4) is 21.9 Å². The number of pyridine rings is 1. The van der Waals surface area contributed by atoms with Crippen molar-refractivity contribution >= 4 is 17.2 Å². The van der Waals surface area contributed by atoms with Gasteiger partial charge in [0.2, 0.25) is 5.56 Å². The Labute approximate surface area is 106 Å². The van der Waals surface area contributed by atoms with E-state index in [4.69, 9.17) is 10.3 Å². The van der Waals surface area contributed by atoms with Crippen LogP contribution in [0.3, 0.4) is 0 Å². The van der Waals surface area contributed by atoms with Crippen molar-refractivity contribution in [1.82, 2.24) is 10.1 Å². The van der Waals surface area contributed by atoms with Crippen molar-refractivity contribution in [3.63, 3.8) is 0 Å². The van der Waals surface area contributed by atoms with E-state index in [9.17, 15) is 4.79 Å². The number of nitrogens with one attached hydrogen (secondary N) is 1. The Bertz CT molecular complexity index is 728. The molecule has 0 atom stereocenters. The van der Waals surface area contributed by atoms with Crippen LogP contribution in [0, 0.1) is 0 Å². The first-order valence-electron chi connectivity index (χ1n) is 5.24. The van der Waals surface area contributed by atoms with Gasteiger partial charge in [-0.25, -0.2) is 0 Å². The standard InChI is InChI=1S/C12H9N3O2S/c13-12-10(8-4-2-6-18-8)11(17-15-12)7-3-1-5-9(16)14-7/h1-6H,(H2,13,15)(H,14,16). The summed E-state index contributed by atoms with van der Waals surface area (Å²) >= 11 is 1.54. The lowest BCUT2D eigenvalue weighted by Crippen LogP contribution is -2.03. The summed E-state index contributed by atoms with van der Waals surface area (Å²) < 4.78 is 5.22. The maximum atomic E-state index is 11.3. The molecular formula is C12H9N3O2S. The minimum absolute atomic E-state index is 0.195. The van der Waals surface area contributed by atoms with Gasteiger partial charge in [-0.3, -0.25) is 4.79 Å². The topological polar surface area (TPSA) is 84.9 Å². The van der Waals surface area contributed by atoms with E-state index >= 15 is 0 Å². The van der Waals surface area contributed by atoms with Gasteiger partial charge in [0, 0.05) is 10.9 Å². The number of hydrogen-bond acceptors (Lipinski definition) is 5. The molecule has 0 aliphatic carbocycles. The predicted octanol–water partition coefficient (Wildman–Crippen LogP) is 2.34. The number of hydrogen-bond donors (Lipinski definition) is 2. The molecule has 0 bridgehead atoms. The molecule has 0 saturated heterocycles. The third-order valence-electron chi connectivity index (χ3n) is 2.50. The third-order valence-corrected chi connectivity index (χ3v) is 3.39. The third kappa shape index (κ3) is 1.72. The summed E-state index contributed by atoms with van der Waals surface area (Å²) in [6.45, 7) is 0. The van der Waals surface area contributed by atoms with Gasteiger partial charge in [0.25, 0.3) is 0 Å². The Morgan fingerprint density at radius 1 is 1.28 bits per heavy atom. The maximum absolute atomic E-state index is 11.3. The lowest BCUT2D eigenvalue weighted by Gasteiger charge is -1.99. The Hall–Kier alpha value is -2.34. The highest BCUT2D eigenvalue weighted by atomic mass is 32.1. The molecule has 0 unspecified atom stereocenters. The average Bonchev–Trinajstić information content (AvgIpc) is 2.97. The first-order valence-corrected chi connectivity index (χ1v) is 6.12. The highest BCUT2D eigenvalue weighted by Gasteiger charge is 2.18. The average molecular weight is 259 g/mol. The second-order valence-electron chi connectivity index (χ2n) is 3.68. The van der Waals surface area contributed by atoms with Crippen molar-refractivity contribution < 1.29 is 4.52 Å². The molecule has 3 rings (SSSR count). The Morgan fingerprint density at radius 3 is 2.89 bits per heavy atom. The van der Waals surface area contributed by atoms with Crippen LogP contribution >= 0.6 is 11.3 Å². The molecule has 5 nitrogen and oxygen atoms in total. The Kier molecular flexibility index (Phi) is 2.49. The van der Waals surface area contributed by atoms with Gasteiger partial charge < -0.3 is 15.2 Å². The molecule has 0 radical (unpaired) electrons. The smallest absolute Gasteiger partial charge is 0.248 e. The normalized spacial score (nSPS) is 10.7. The minimum atomic E-state index is -0.195. The van der Waals surface area contributed by atoms with Crippen LogP contribution in [0.5, 0.6) is 0 Å². The van der Waals surface area contributed by atoms with E-state index < -0.39 is 0 Å². The van der Waals surface area contributed by atoms with Gasteiger partial charge in [0.05, 0.1) is 11.3 Å². The summed E-state index contributed by atoms with van der Waals surface area (Å²) in [4.78, 5) is 15.0.